The molecule has 1 aromatic rings. The van der Waals surface area contributed by atoms with Gasteiger partial charge in [-0.1, -0.05) is 38.0 Å². The number of allylic oxidation sites excluding steroid dienone is 2. The van der Waals surface area contributed by atoms with Crippen LogP contribution in [0.1, 0.15) is 37.8 Å². The van der Waals surface area contributed by atoms with Gasteiger partial charge >= 0.3 is 0 Å². The first-order chi connectivity index (χ1) is 10.6. The molecule has 1 aliphatic heterocycles. The quantitative estimate of drug-likeness (QED) is 0.921. The van der Waals surface area contributed by atoms with Crippen LogP contribution in [0.15, 0.2) is 35.6 Å². The van der Waals surface area contributed by atoms with Crippen molar-refractivity contribution in [2.75, 3.05) is 7.11 Å². The van der Waals surface area contributed by atoms with E-state index in [2.05, 4.69) is 26.0 Å². The molecule has 0 spiro atoms. The van der Waals surface area contributed by atoms with Gasteiger partial charge in [0.15, 0.2) is 17.6 Å². The highest BCUT2D eigenvalue weighted by Crippen LogP contribution is 2.61. The predicted molar refractivity (Wildman–Crippen MR) is 85.2 cm³/mol. The first kappa shape index (κ1) is 13.7. The Morgan fingerprint density at radius 3 is 2.91 bits per heavy atom. The molecule has 0 saturated carbocycles. The van der Waals surface area contributed by atoms with Crippen molar-refractivity contribution < 1.29 is 14.6 Å². The van der Waals surface area contributed by atoms with E-state index >= 15 is 0 Å². The van der Waals surface area contributed by atoms with Crippen LogP contribution in [0.25, 0.3) is 0 Å². The van der Waals surface area contributed by atoms with E-state index in [1.807, 2.05) is 6.08 Å². The van der Waals surface area contributed by atoms with E-state index in [1.165, 1.54) is 16.7 Å². The zero-order valence-electron chi connectivity index (χ0n) is 13.3. The van der Waals surface area contributed by atoms with E-state index in [4.69, 9.17) is 9.47 Å². The Morgan fingerprint density at radius 2 is 2.18 bits per heavy atom. The van der Waals surface area contributed by atoms with Crippen LogP contribution >= 0.6 is 0 Å². The molecule has 0 fully saturated rings. The van der Waals surface area contributed by atoms with Gasteiger partial charge in [-0.15, -0.1) is 0 Å². The first-order valence-corrected chi connectivity index (χ1v) is 8.11. The van der Waals surface area contributed by atoms with Crippen LogP contribution in [0, 0.1) is 5.92 Å². The summed E-state index contributed by atoms with van der Waals surface area (Å²) in [6.45, 7) is 4.50. The van der Waals surface area contributed by atoms with Crippen LogP contribution < -0.4 is 4.74 Å². The fourth-order valence-corrected chi connectivity index (χ4v) is 4.76. The molecule has 3 heteroatoms. The predicted octanol–water partition coefficient (Wildman–Crippen LogP) is 3.85. The van der Waals surface area contributed by atoms with Crippen molar-refractivity contribution in [1.82, 2.24) is 0 Å². The molecule has 0 bridgehead atoms. The maximum atomic E-state index is 10.3. The third kappa shape index (κ3) is 1.47. The van der Waals surface area contributed by atoms with Crippen LogP contribution in [-0.2, 0) is 16.6 Å². The number of hydrogen-bond acceptors (Lipinski definition) is 3. The molecule has 1 aromatic carbocycles. The van der Waals surface area contributed by atoms with Gasteiger partial charge in [-0.2, -0.15) is 0 Å². The van der Waals surface area contributed by atoms with Gasteiger partial charge < -0.3 is 14.6 Å². The molecule has 22 heavy (non-hydrogen) atoms. The third-order valence-electron chi connectivity index (χ3n) is 5.49. The van der Waals surface area contributed by atoms with Crippen molar-refractivity contribution in [3.05, 3.63) is 46.7 Å². The molecule has 3 nitrogen and oxygen atoms in total. The Morgan fingerprint density at radius 1 is 1.36 bits per heavy atom. The summed E-state index contributed by atoms with van der Waals surface area (Å²) in [7, 11) is 1.70. The molecule has 116 valence electrons. The zero-order valence-corrected chi connectivity index (χ0v) is 13.3. The molecule has 1 heterocycles. The van der Waals surface area contributed by atoms with Crippen LogP contribution in [0.3, 0.4) is 0 Å². The van der Waals surface area contributed by atoms with Gasteiger partial charge in [0.05, 0.1) is 12.5 Å². The lowest BCUT2D eigenvalue weighted by Crippen LogP contribution is -2.47. The lowest BCUT2D eigenvalue weighted by Gasteiger charge is -2.45. The van der Waals surface area contributed by atoms with Crippen molar-refractivity contribution in [1.29, 1.82) is 0 Å². The highest BCUT2D eigenvalue weighted by atomic mass is 16.5. The number of hydrogen-bond donors (Lipinski definition) is 1. The molecule has 0 aromatic heterocycles. The summed E-state index contributed by atoms with van der Waals surface area (Å²) >= 11 is 0. The summed E-state index contributed by atoms with van der Waals surface area (Å²) in [5, 5.41) is 10.3. The van der Waals surface area contributed by atoms with E-state index in [0.29, 0.717) is 11.7 Å². The van der Waals surface area contributed by atoms with Crippen LogP contribution in [-0.4, -0.2) is 18.3 Å². The third-order valence-corrected chi connectivity index (χ3v) is 5.49. The minimum absolute atomic E-state index is 0.151. The Balaban J connectivity index is 2.05. The van der Waals surface area contributed by atoms with Crippen molar-refractivity contribution in [2.45, 2.75) is 44.6 Å². The molecule has 0 saturated heterocycles. The normalized spacial score (nSPS) is 31.0. The molecule has 3 aliphatic rings. The molecule has 0 radical (unpaired) electrons. The van der Waals surface area contributed by atoms with Crippen molar-refractivity contribution in [3.8, 4) is 11.5 Å². The minimum Gasteiger partial charge on any atom is -0.504 e. The molecular formula is C19H22O3. The number of phenolic OH excluding ortho intramolecular Hbond substituents is 1. The number of ether oxygens (including phenoxy) is 2. The summed E-state index contributed by atoms with van der Waals surface area (Å²) in [4.78, 5) is 0. The lowest BCUT2D eigenvalue weighted by atomic mass is 9.57. The van der Waals surface area contributed by atoms with Gasteiger partial charge in [0, 0.05) is 5.56 Å². The number of rotatable bonds is 3. The topological polar surface area (TPSA) is 38.7 Å². The maximum Gasteiger partial charge on any atom is 0.169 e. The number of benzene rings is 1. The van der Waals surface area contributed by atoms with E-state index in [0.717, 1.165) is 25.0 Å². The Kier molecular flexibility index (Phi) is 2.84. The molecule has 0 amide bonds. The monoisotopic (exact) mass is 298 g/mol. The highest BCUT2D eigenvalue weighted by molar-refractivity contribution is 5.65. The smallest absolute Gasteiger partial charge is 0.169 e. The number of aromatic hydroxyl groups is 1. The summed E-state index contributed by atoms with van der Waals surface area (Å²) in [6.07, 6.45) is 7.20. The van der Waals surface area contributed by atoms with Crippen molar-refractivity contribution in [3.63, 3.8) is 0 Å². The van der Waals surface area contributed by atoms with Gasteiger partial charge in [0.25, 0.3) is 0 Å². The largest absolute Gasteiger partial charge is 0.504 e. The average Bonchev–Trinajstić information content (AvgIpc) is 2.85. The Bertz CT molecular complexity index is 701. The fraction of sp³-hybridized carbons (Fsp3) is 0.474. The number of methoxy groups -OCH3 is 1. The molecule has 3 unspecified atom stereocenters. The van der Waals surface area contributed by atoms with Crippen LogP contribution in [0.2, 0.25) is 0 Å². The van der Waals surface area contributed by atoms with Crippen LogP contribution in [0.4, 0.5) is 0 Å². The van der Waals surface area contributed by atoms with E-state index in [9.17, 15) is 5.11 Å². The van der Waals surface area contributed by atoms with E-state index in [1.54, 1.807) is 13.2 Å². The number of phenols is 1. The van der Waals surface area contributed by atoms with Crippen LogP contribution in [0.5, 0.6) is 11.5 Å². The van der Waals surface area contributed by atoms with Gasteiger partial charge in [0.2, 0.25) is 0 Å². The summed E-state index contributed by atoms with van der Waals surface area (Å²) < 4.78 is 11.9. The Hall–Kier alpha value is -1.90. The molecule has 2 aliphatic carbocycles. The summed E-state index contributed by atoms with van der Waals surface area (Å²) in [6, 6.07) is 3.83. The van der Waals surface area contributed by atoms with Crippen molar-refractivity contribution >= 4 is 0 Å². The summed E-state index contributed by atoms with van der Waals surface area (Å²) in [5.74, 6) is 2.25. The average molecular weight is 298 g/mol. The highest BCUT2D eigenvalue weighted by Gasteiger charge is 2.58. The SMILES string of the molecule is CCCC12C3=CC=C(OC)C1Oc1c(O)ccc(c12)CC3C. The van der Waals surface area contributed by atoms with Crippen molar-refractivity contribution in [2.24, 2.45) is 5.92 Å². The maximum absolute atomic E-state index is 10.3. The van der Waals surface area contributed by atoms with E-state index < -0.39 is 0 Å². The second-order valence-corrected chi connectivity index (χ2v) is 6.67. The molecule has 3 atom stereocenters. The molecule has 4 rings (SSSR count). The lowest BCUT2D eigenvalue weighted by molar-refractivity contribution is 0.106. The summed E-state index contributed by atoms with van der Waals surface area (Å²) in [5.41, 5.74) is 3.77. The molecule has 1 N–H and O–H groups in total. The Labute approximate surface area is 131 Å². The van der Waals surface area contributed by atoms with Gasteiger partial charge in [-0.25, -0.2) is 0 Å². The minimum atomic E-state index is -0.171. The molecular weight excluding hydrogens is 276 g/mol. The van der Waals surface area contributed by atoms with E-state index in [-0.39, 0.29) is 17.3 Å². The fourth-order valence-electron chi connectivity index (χ4n) is 4.76. The zero-order chi connectivity index (χ0) is 15.5. The first-order valence-electron chi connectivity index (χ1n) is 8.11. The standard InChI is InChI=1S/C19H22O3/c1-4-9-19-13-6-8-15(21-3)18(19)22-17-14(20)7-5-12(16(17)19)10-11(13)2/h5-8,11,18,20H,4,9-10H2,1-3H3. The van der Waals surface area contributed by atoms with Gasteiger partial charge in [-0.3, -0.25) is 0 Å². The second kappa shape index (κ2) is 4.55. The second-order valence-electron chi connectivity index (χ2n) is 6.67. The van der Waals surface area contributed by atoms with Gasteiger partial charge in [0.1, 0.15) is 5.76 Å². The van der Waals surface area contributed by atoms with Gasteiger partial charge in [-0.05, 0) is 36.5 Å².